The molecule has 26 heavy (non-hydrogen) atoms. The average molecular weight is 357 g/mol. The van der Waals surface area contributed by atoms with Crippen molar-refractivity contribution in [3.05, 3.63) is 47.5 Å². The van der Waals surface area contributed by atoms with E-state index < -0.39 is 0 Å². The van der Waals surface area contributed by atoms with Crippen molar-refractivity contribution in [2.75, 3.05) is 32.8 Å². The highest BCUT2D eigenvalue weighted by atomic mass is 16.5. The Labute approximate surface area is 154 Å². The molecule has 0 radical (unpaired) electrons. The molecule has 1 fully saturated rings. The van der Waals surface area contributed by atoms with Crippen molar-refractivity contribution in [1.82, 2.24) is 25.0 Å². The van der Waals surface area contributed by atoms with E-state index in [9.17, 15) is 4.79 Å². The van der Waals surface area contributed by atoms with Gasteiger partial charge in [-0.25, -0.2) is 0 Å². The summed E-state index contributed by atoms with van der Waals surface area (Å²) < 4.78 is 7.35. The van der Waals surface area contributed by atoms with Crippen LogP contribution in [0.2, 0.25) is 0 Å². The van der Waals surface area contributed by atoms with Crippen LogP contribution in [0.25, 0.3) is 0 Å². The van der Waals surface area contributed by atoms with Gasteiger partial charge >= 0.3 is 0 Å². The molecule has 1 N–H and O–H groups in total. The second kappa shape index (κ2) is 8.91. The first-order chi connectivity index (χ1) is 12.7. The van der Waals surface area contributed by atoms with E-state index in [4.69, 9.17) is 4.74 Å². The SMILES string of the molecule is CCCn1ncc(C(=O)NCC(c2cccnc2)N2CCOCC2)c1C. The lowest BCUT2D eigenvalue weighted by Crippen LogP contribution is -2.43. The van der Waals surface area contributed by atoms with Gasteiger partial charge < -0.3 is 10.1 Å². The molecule has 0 aromatic carbocycles. The maximum atomic E-state index is 12.7. The normalized spacial score (nSPS) is 16.4. The molecule has 1 aliphatic heterocycles. The summed E-state index contributed by atoms with van der Waals surface area (Å²) in [6.07, 6.45) is 6.29. The largest absolute Gasteiger partial charge is 0.379 e. The summed E-state index contributed by atoms with van der Waals surface area (Å²) in [5.41, 5.74) is 2.66. The Hall–Kier alpha value is -2.25. The van der Waals surface area contributed by atoms with Crippen molar-refractivity contribution < 1.29 is 9.53 Å². The van der Waals surface area contributed by atoms with Gasteiger partial charge in [-0.3, -0.25) is 19.4 Å². The number of carbonyl (C=O) groups excluding carboxylic acids is 1. The Morgan fingerprint density at radius 2 is 2.15 bits per heavy atom. The highest BCUT2D eigenvalue weighted by Gasteiger charge is 2.24. The number of nitrogens with zero attached hydrogens (tertiary/aromatic N) is 4. The van der Waals surface area contributed by atoms with Crippen LogP contribution in [0.1, 0.15) is 41.0 Å². The number of morpholine rings is 1. The van der Waals surface area contributed by atoms with Gasteiger partial charge in [-0.15, -0.1) is 0 Å². The molecule has 0 spiro atoms. The van der Waals surface area contributed by atoms with Crippen molar-refractivity contribution >= 4 is 5.91 Å². The number of rotatable bonds is 7. The Morgan fingerprint density at radius 3 is 2.85 bits per heavy atom. The van der Waals surface area contributed by atoms with Gasteiger partial charge in [0.1, 0.15) is 0 Å². The maximum absolute atomic E-state index is 12.7. The van der Waals surface area contributed by atoms with E-state index in [0.29, 0.717) is 25.3 Å². The fourth-order valence-electron chi connectivity index (χ4n) is 3.31. The number of ether oxygens (including phenoxy) is 1. The first-order valence-electron chi connectivity index (χ1n) is 9.23. The molecule has 140 valence electrons. The smallest absolute Gasteiger partial charge is 0.254 e. The van der Waals surface area contributed by atoms with E-state index in [0.717, 1.165) is 37.3 Å². The fraction of sp³-hybridized carbons (Fsp3) is 0.526. The Balaban J connectivity index is 1.70. The number of aryl methyl sites for hydroxylation is 1. The van der Waals surface area contributed by atoms with E-state index >= 15 is 0 Å². The molecule has 0 aliphatic carbocycles. The van der Waals surface area contributed by atoms with Crippen molar-refractivity contribution in [3.63, 3.8) is 0 Å². The van der Waals surface area contributed by atoms with Gasteiger partial charge in [0.2, 0.25) is 0 Å². The van der Waals surface area contributed by atoms with Crippen LogP contribution >= 0.6 is 0 Å². The Morgan fingerprint density at radius 1 is 1.35 bits per heavy atom. The first kappa shape index (κ1) is 18.5. The minimum Gasteiger partial charge on any atom is -0.379 e. The fourth-order valence-corrected chi connectivity index (χ4v) is 3.31. The number of amides is 1. The number of carbonyl (C=O) groups is 1. The van der Waals surface area contributed by atoms with E-state index in [2.05, 4.69) is 33.3 Å². The molecule has 7 heteroatoms. The van der Waals surface area contributed by atoms with Crippen molar-refractivity contribution in [3.8, 4) is 0 Å². The maximum Gasteiger partial charge on any atom is 0.254 e. The summed E-state index contributed by atoms with van der Waals surface area (Å²) >= 11 is 0. The van der Waals surface area contributed by atoms with Crippen LogP contribution in [0.15, 0.2) is 30.7 Å². The number of hydrogen-bond acceptors (Lipinski definition) is 5. The summed E-state index contributed by atoms with van der Waals surface area (Å²) in [6.45, 7) is 8.53. The van der Waals surface area contributed by atoms with Gasteiger partial charge in [0.15, 0.2) is 0 Å². The van der Waals surface area contributed by atoms with E-state index in [-0.39, 0.29) is 11.9 Å². The molecule has 0 bridgehead atoms. The van der Waals surface area contributed by atoms with Crippen LogP contribution in [-0.2, 0) is 11.3 Å². The molecular formula is C19H27N5O2. The van der Waals surface area contributed by atoms with Gasteiger partial charge in [-0.1, -0.05) is 13.0 Å². The van der Waals surface area contributed by atoms with Crippen molar-refractivity contribution in [2.45, 2.75) is 32.9 Å². The zero-order valence-electron chi connectivity index (χ0n) is 15.5. The summed E-state index contributed by atoms with van der Waals surface area (Å²) in [4.78, 5) is 19.3. The van der Waals surface area contributed by atoms with Crippen LogP contribution in [-0.4, -0.2) is 58.4 Å². The summed E-state index contributed by atoms with van der Waals surface area (Å²) in [5.74, 6) is -0.0768. The highest BCUT2D eigenvalue weighted by molar-refractivity contribution is 5.95. The van der Waals surface area contributed by atoms with Gasteiger partial charge in [0.05, 0.1) is 31.0 Å². The second-order valence-corrected chi connectivity index (χ2v) is 6.53. The number of nitrogens with one attached hydrogen (secondary N) is 1. The number of pyridine rings is 1. The molecule has 2 aromatic heterocycles. The van der Waals surface area contributed by atoms with Gasteiger partial charge in [0.25, 0.3) is 5.91 Å². The minimum atomic E-state index is -0.0768. The second-order valence-electron chi connectivity index (χ2n) is 6.53. The van der Waals surface area contributed by atoms with Crippen molar-refractivity contribution in [2.24, 2.45) is 0 Å². The molecule has 3 heterocycles. The standard InChI is InChI=1S/C19H27N5O2/c1-3-7-24-15(2)17(13-22-24)19(25)21-14-18(16-5-4-6-20-12-16)23-8-10-26-11-9-23/h4-6,12-13,18H,3,7-11,14H2,1-2H3,(H,21,25). The van der Waals surface area contributed by atoms with Crippen LogP contribution < -0.4 is 5.32 Å². The molecule has 1 atom stereocenters. The van der Waals surface area contributed by atoms with E-state index in [1.807, 2.05) is 23.9 Å². The molecule has 2 aromatic rings. The number of hydrogen-bond donors (Lipinski definition) is 1. The molecule has 0 saturated carbocycles. The quantitative estimate of drug-likeness (QED) is 0.818. The molecule has 3 rings (SSSR count). The third-order valence-electron chi connectivity index (χ3n) is 4.79. The lowest BCUT2D eigenvalue weighted by Gasteiger charge is -2.34. The van der Waals surface area contributed by atoms with E-state index in [1.165, 1.54) is 0 Å². The molecular weight excluding hydrogens is 330 g/mol. The third kappa shape index (κ3) is 4.28. The van der Waals surface area contributed by atoms with Crippen LogP contribution in [0.4, 0.5) is 0 Å². The topological polar surface area (TPSA) is 72.3 Å². The van der Waals surface area contributed by atoms with E-state index in [1.54, 1.807) is 12.4 Å². The van der Waals surface area contributed by atoms with Crippen LogP contribution in [0.3, 0.4) is 0 Å². The lowest BCUT2D eigenvalue weighted by molar-refractivity contribution is 0.0161. The third-order valence-corrected chi connectivity index (χ3v) is 4.79. The molecule has 1 saturated heterocycles. The molecule has 7 nitrogen and oxygen atoms in total. The minimum absolute atomic E-state index is 0.0768. The van der Waals surface area contributed by atoms with Crippen LogP contribution in [0.5, 0.6) is 0 Å². The zero-order valence-corrected chi connectivity index (χ0v) is 15.5. The van der Waals surface area contributed by atoms with Crippen molar-refractivity contribution in [1.29, 1.82) is 0 Å². The Kier molecular flexibility index (Phi) is 6.35. The monoisotopic (exact) mass is 357 g/mol. The zero-order chi connectivity index (χ0) is 18.4. The Bertz CT molecular complexity index is 710. The van der Waals surface area contributed by atoms with Gasteiger partial charge in [0, 0.05) is 44.3 Å². The lowest BCUT2D eigenvalue weighted by atomic mass is 10.1. The average Bonchev–Trinajstić information content (AvgIpc) is 3.04. The van der Waals surface area contributed by atoms with Crippen LogP contribution in [0, 0.1) is 6.92 Å². The number of aromatic nitrogens is 3. The predicted molar refractivity (Wildman–Crippen MR) is 99.0 cm³/mol. The highest BCUT2D eigenvalue weighted by Crippen LogP contribution is 2.20. The predicted octanol–water partition coefficient (Wildman–Crippen LogP) is 1.80. The summed E-state index contributed by atoms with van der Waals surface area (Å²) in [7, 11) is 0. The molecule has 1 amide bonds. The first-order valence-corrected chi connectivity index (χ1v) is 9.23. The van der Waals surface area contributed by atoms with Gasteiger partial charge in [-0.2, -0.15) is 5.10 Å². The summed E-state index contributed by atoms with van der Waals surface area (Å²) in [5, 5.41) is 7.41. The summed E-state index contributed by atoms with van der Waals surface area (Å²) in [6, 6.07) is 4.08. The van der Waals surface area contributed by atoms with Gasteiger partial charge in [-0.05, 0) is 25.0 Å². The molecule has 1 aliphatic rings. The molecule has 1 unspecified atom stereocenters.